The van der Waals surface area contributed by atoms with Crippen molar-refractivity contribution in [2.75, 3.05) is 35.0 Å². The topological polar surface area (TPSA) is 109 Å². The molecule has 0 aliphatic carbocycles. The average Bonchev–Trinajstić information content (AvgIpc) is 3.60. The summed E-state index contributed by atoms with van der Waals surface area (Å²) in [6, 6.07) is 10.8. The number of nitrogens with one attached hydrogen (secondary N) is 1. The molecule has 5 rings (SSSR count). The zero-order valence-corrected chi connectivity index (χ0v) is 24.7. The number of pyridine rings is 1. The van der Waals surface area contributed by atoms with E-state index in [1.807, 2.05) is 51.0 Å². The van der Waals surface area contributed by atoms with Gasteiger partial charge in [0.05, 0.1) is 22.7 Å². The van der Waals surface area contributed by atoms with Gasteiger partial charge in [-0.05, 0) is 53.9 Å². The number of amides is 3. The van der Waals surface area contributed by atoms with Crippen LogP contribution in [0, 0.1) is 5.82 Å². The summed E-state index contributed by atoms with van der Waals surface area (Å²) in [6.07, 6.45) is -2.61. The van der Waals surface area contributed by atoms with Gasteiger partial charge in [0.1, 0.15) is 12.1 Å². The predicted octanol–water partition coefficient (Wildman–Crippen LogP) is 6.34. The quantitative estimate of drug-likeness (QED) is 0.249. The maximum absolute atomic E-state index is 15.0. The van der Waals surface area contributed by atoms with Gasteiger partial charge >= 0.3 is 12.2 Å². The number of carbonyl (C=O) groups is 2. The van der Waals surface area contributed by atoms with Gasteiger partial charge < -0.3 is 10.2 Å². The van der Waals surface area contributed by atoms with E-state index in [0.29, 0.717) is 11.9 Å². The van der Waals surface area contributed by atoms with E-state index in [2.05, 4.69) is 25.4 Å². The highest BCUT2D eigenvalue weighted by Crippen LogP contribution is 2.36. The summed E-state index contributed by atoms with van der Waals surface area (Å²) in [5.41, 5.74) is 1.59. The number of aromatic nitrogens is 4. The van der Waals surface area contributed by atoms with Crippen molar-refractivity contribution >= 4 is 45.9 Å². The fourth-order valence-corrected chi connectivity index (χ4v) is 5.21. The number of anilines is 3. The molecular formula is C29H26F4N8O2S. The van der Waals surface area contributed by atoms with Gasteiger partial charge in [-0.25, -0.2) is 23.8 Å². The molecule has 3 amide bonds. The second kappa shape index (κ2) is 12.1. The summed E-state index contributed by atoms with van der Waals surface area (Å²) in [6.45, 7) is 4.01. The normalized spacial score (nSPS) is 14.5. The molecule has 1 aliphatic rings. The van der Waals surface area contributed by atoms with Gasteiger partial charge in [-0.2, -0.15) is 18.2 Å². The molecule has 1 fully saturated rings. The van der Waals surface area contributed by atoms with Crippen molar-refractivity contribution in [3.63, 3.8) is 0 Å². The van der Waals surface area contributed by atoms with Crippen LogP contribution in [-0.2, 0) is 11.0 Å². The van der Waals surface area contributed by atoms with Crippen molar-refractivity contribution < 1.29 is 27.2 Å². The van der Waals surface area contributed by atoms with Gasteiger partial charge in [0.25, 0.3) is 0 Å². The molecule has 2 aromatic heterocycles. The van der Waals surface area contributed by atoms with Gasteiger partial charge in [0.15, 0.2) is 16.8 Å². The predicted molar refractivity (Wildman–Crippen MR) is 161 cm³/mol. The number of alkyl halides is 3. The fourth-order valence-electron chi connectivity index (χ4n) is 4.35. The third-order valence-electron chi connectivity index (χ3n) is 6.63. The lowest BCUT2D eigenvalue weighted by Crippen LogP contribution is -2.31. The summed E-state index contributed by atoms with van der Waals surface area (Å²) in [7, 11) is 3.77. The number of aliphatic imine (C=N–C) groups is 1. The van der Waals surface area contributed by atoms with Crippen LogP contribution < -0.4 is 15.1 Å². The molecule has 0 atom stereocenters. The lowest BCUT2D eigenvalue weighted by Gasteiger charge is -2.24. The van der Waals surface area contributed by atoms with Crippen molar-refractivity contribution in [2.45, 2.75) is 25.9 Å². The largest absolute Gasteiger partial charge is 0.417 e. The molecule has 1 N–H and O–H groups in total. The van der Waals surface area contributed by atoms with Gasteiger partial charge in [0.2, 0.25) is 5.91 Å². The standard InChI is InChI=1S/C29H26F4N8O2S/c1-16(2)20-8-7-19(39(3)4)12-23(20)41-25(42)14-44-28(41)37-27(43)36-22-9-5-17(11-21(22)30)26-35-15-40(38-26)24-10-6-18(13-34-24)29(31,32)33/h5-13,15-16H,14H2,1-4H3,(H,36,43)/b37-28-. The number of nitrogens with zero attached hydrogens (tertiary/aromatic N) is 7. The maximum Gasteiger partial charge on any atom is 0.417 e. The van der Waals surface area contributed by atoms with Crippen molar-refractivity contribution in [1.82, 2.24) is 19.7 Å². The first-order valence-electron chi connectivity index (χ1n) is 13.2. The Kier molecular flexibility index (Phi) is 8.41. The third-order valence-corrected chi connectivity index (χ3v) is 7.55. The third kappa shape index (κ3) is 6.41. The zero-order valence-electron chi connectivity index (χ0n) is 23.9. The second-order valence-electron chi connectivity index (χ2n) is 10.2. The van der Waals surface area contributed by atoms with E-state index in [1.54, 1.807) is 0 Å². The Hall–Kier alpha value is -4.79. The van der Waals surface area contributed by atoms with E-state index in [9.17, 15) is 22.8 Å². The van der Waals surface area contributed by atoms with Gasteiger partial charge in [-0.3, -0.25) is 9.69 Å². The fraction of sp³-hybridized carbons (Fsp3) is 0.241. The molecule has 3 heterocycles. The number of carbonyl (C=O) groups excluding carboxylic acids is 2. The van der Waals surface area contributed by atoms with Crippen molar-refractivity contribution in [2.24, 2.45) is 4.99 Å². The Morgan fingerprint density at radius 3 is 2.50 bits per heavy atom. The minimum absolute atomic E-state index is 0.0844. The van der Waals surface area contributed by atoms with Crippen LogP contribution in [0.3, 0.4) is 0 Å². The summed E-state index contributed by atoms with van der Waals surface area (Å²) < 4.78 is 54.7. The Morgan fingerprint density at radius 1 is 1.09 bits per heavy atom. The number of hydrogen-bond donors (Lipinski definition) is 1. The first-order valence-corrected chi connectivity index (χ1v) is 14.2. The maximum atomic E-state index is 15.0. The molecule has 15 heteroatoms. The van der Waals surface area contributed by atoms with E-state index >= 15 is 4.39 Å². The molecule has 1 aliphatic heterocycles. The van der Waals surface area contributed by atoms with Crippen LogP contribution in [0.2, 0.25) is 0 Å². The minimum atomic E-state index is -4.53. The smallest absolute Gasteiger partial charge is 0.378 e. The van der Waals surface area contributed by atoms with E-state index in [0.717, 1.165) is 45.9 Å². The number of hydrogen-bond acceptors (Lipinski definition) is 7. The minimum Gasteiger partial charge on any atom is -0.378 e. The summed E-state index contributed by atoms with van der Waals surface area (Å²) in [5.74, 6) is -0.663. The zero-order chi connectivity index (χ0) is 31.8. The van der Waals surface area contributed by atoms with Crippen LogP contribution in [0.25, 0.3) is 17.2 Å². The first kappa shape index (κ1) is 30.7. The van der Waals surface area contributed by atoms with Crippen LogP contribution >= 0.6 is 11.8 Å². The molecule has 0 bridgehead atoms. The molecule has 228 valence electrons. The van der Waals surface area contributed by atoms with Crippen LogP contribution in [-0.4, -0.2) is 56.7 Å². The Bertz CT molecular complexity index is 1750. The molecule has 44 heavy (non-hydrogen) atoms. The molecule has 0 radical (unpaired) electrons. The second-order valence-corrected chi connectivity index (χ2v) is 11.2. The SMILES string of the molecule is CC(C)c1ccc(N(C)C)cc1N1C(=O)CS/C1=N\C(=O)Nc1ccc(-c2ncn(-c3ccc(C(F)(F)F)cn3)n2)cc1F. The van der Waals surface area contributed by atoms with Crippen molar-refractivity contribution in [3.05, 3.63) is 78.0 Å². The summed E-state index contributed by atoms with van der Waals surface area (Å²) in [4.78, 5) is 41.0. The highest BCUT2D eigenvalue weighted by molar-refractivity contribution is 8.15. The highest BCUT2D eigenvalue weighted by Gasteiger charge is 2.33. The molecule has 0 spiro atoms. The Labute approximate surface area is 253 Å². The number of urea groups is 1. The molecule has 0 saturated carbocycles. The van der Waals surface area contributed by atoms with Crippen molar-refractivity contribution in [1.29, 1.82) is 0 Å². The van der Waals surface area contributed by atoms with Crippen LogP contribution in [0.5, 0.6) is 0 Å². The highest BCUT2D eigenvalue weighted by atomic mass is 32.2. The van der Waals surface area contributed by atoms with E-state index in [1.165, 1.54) is 23.4 Å². The molecule has 10 nitrogen and oxygen atoms in total. The van der Waals surface area contributed by atoms with Crippen LogP contribution in [0.15, 0.2) is 66.0 Å². The molecule has 2 aromatic carbocycles. The average molecular weight is 627 g/mol. The van der Waals surface area contributed by atoms with Crippen LogP contribution in [0.1, 0.15) is 30.9 Å². The number of amidine groups is 1. The number of rotatable bonds is 6. The van der Waals surface area contributed by atoms with Gasteiger partial charge in [-0.1, -0.05) is 31.7 Å². The molecule has 0 unspecified atom stereocenters. The summed E-state index contributed by atoms with van der Waals surface area (Å²) >= 11 is 1.11. The lowest BCUT2D eigenvalue weighted by molar-refractivity contribution is -0.137. The van der Waals surface area contributed by atoms with E-state index in [-0.39, 0.29) is 45.6 Å². The Balaban J connectivity index is 1.34. The number of thioether (sulfide) groups is 1. The lowest BCUT2D eigenvalue weighted by atomic mass is 9.99. The van der Waals surface area contributed by atoms with Gasteiger partial charge in [-0.15, -0.1) is 5.10 Å². The Morgan fingerprint density at radius 2 is 1.86 bits per heavy atom. The number of halogens is 4. The molecule has 1 saturated heterocycles. The summed E-state index contributed by atoms with van der Waals surface area (Å²) in [5, 5.41) is 6.75. The molecular weight excluding hydrogens is 600 g/mol. The monoisotopic (exact) mass is 626 g/mol. The molecule has 4 aromatic rings. The van der Waals surface area contributed by atoms with Gasteiger partial charge in [0, 0.05) is 31.5 Å². The van der Waals surface area contributed by atoms with Crippen molar-refractivity contribution in [3.8, 4) is 17.2 Å². The number of benzene rings is 2. The first-order chi connectivity index (χ1) is 20.8. The van der Waals surface area contributed by atoms with E-state index < -0.39 is 23.6 Å². The van der Waals surface area contributed by atoms with E-state index in [4.69, 9.17) is 0 Å². The van der Waals surface area contributed by atoms with Crippen LogP contribution in [0.4, 0.5) is 39.4 Å².